The average molecular weight is 243 g/mol. The van der Waals surface area contributed by atoms with E-state index in [9.17, 15) is 0 Å². The lowest BCUT2D eigenvalue weighted by molar-refractivity contribution is 0.633. The van der Waals surface area contributed by atoms with Crippen LogP contribution in [0.3, 0.4) is 0 Å². The predicted octanol–water partition coefficient (Wildman–Crippen LogP) is 2.17. The maximum atomic E-state index is 5.48. The van der Waals surface area contributed by atoms with Gasteiger partial charge in [0.1, 0.15) is 10.0 Å². The fourth-order valence-corrected chi connectivity index (χ4v) is 4.21. The Bertz CT molecular complexity index is 318. The SMILES string of the molecule is CC1(c2nnc(CCCN)s2)CCCS1. The van der Waals surface area contributed by atoms with Gasteiger partial charge in [-0.3, -0.25) is 0 Å². The molecule has 2 rings (SSSR count). The zero-order chi connectivity index (χ0) is 10.7. The highest BCUT2D eigenvalue weighted by molar-refractivity contribution is 8.00. The van der Waals surface area contributed by atoms with Crippen LogP contribution in [0.1, 0.15) is 36.2 Å². The van der Waals surface area contributed by atoms with Crippen LogP contribution in [0, 0.1) is 0 Å². The molecule has 1 saturated heterocycles. The number of nitrogens with two attached hydrogens (primary N) is 1. The number of hydrogen-bond donors (Lipinski definition) is 1. The fraction of sp³-hybridized carbons (Fsp3) is 0.800. The first-order valence-electron chi connectivity index (χ1n) is 5.41. The molecule has 1 unspecified atom stereocenters. The highest BCUT2D eigenvalue weighted by Gasteiger charge is 2.34. The molecular formula is C10H17N3S2. The number of nitrogens with zero attached hydrogens (tertiary/aromatic N) is 2. The maximum absolute atomic E-state index is 5.48. The molecule has 1 aromatic rings. The van der Waals surface area contributed by atoms with Crippen LogP contribution in [0.5, 0.6) is 0 Å². The second-order valence-corrected chi connectivity index (χ2v) is 6.74. The van der Waals surface area contributed by atoms with Crippen molar-refractivity contribution in [3.63, 3.8) is 0 Å². The Morgan fingerprint density at radius 2 is 2.33 bits per heavy atom. The molecule has 5 heteroatoms. The molecule has 0 bridgehead atoms. The van der Waals surface area contributed by atoms with Gasteiger partial charge < -0.3 is 5.73 Å². The van der Waals surface area contributed by atoms with Gasteiger partial charge in [0.2, 0.25) is 0 Å². The molecule has 2 heterocycles. The van der Waals surface area contributed by atoms with Crippen LogP contribution in [-0.2, 0) is 11.2 Å². The highest BCUT2D eigenvalue weighted by atomic mass is 32.2. The quantitative estimate of drug-likeness (QED) is 0.880. The van der Waals surface area contributed by atoms with Gasteiger partial charge in [-0.1, -0.05) is 0 Å². The molecule has 0 spiro atoms. The highest BCUT2D eigenvalue weighted by Crippen LogP contribution is 2.46. The smallest absolute Gasteiger partial charge is 0.133 e. The van der Waals surface area contributed by atoms with E-state index in [-0.39, 0.29) is 4.75 Å². The molecule has 3 nitrogen and oxygen atoms in total. The Morgan fingerprint density at radius 1 is 1.47 bits per heavy atom. The lowest BCUT2D eigenvalue weighted by atomic mass is 10.1. The maximum Gasteiger partial charge on any atom is 0.133 e. The molecule has 1 atom stereocenters. The lowest BCUT2D eigenvalue weighted by Crippen LogP contribution is -2.11. The second kappa shape index (κ2) is 4.80. The summed E-state index contributed by atoms with van der Waals surface area (Å²) in [6, 6.07) is 0. The molecule has 0 saturated carbocycles. The van der Waals surface area contributed by atoms with Gasteiger partial charge in [-0.05, 0) is 38.5 Å². The number of aromatic nitrogens is 2. The molecule has 1 fully saturated rings. The second-order valence-electron chi connectivity index (χ2n) is 4.08. The van der Waals surface area contributed by atoms with Crippen LogP contribution in [0.15, 0.2) is 0 Å². The largest absolute Gasteiger partial charge is 0.330 e. The summed E-state index contributed by atoms with van der Waals surface area (Å²) in [6.45, 7) is 3.03. The van der Waals surface area contributed by atoms with Crippen LogP contribution < -0.4 is 5.73 Å². The van der Waals surface area contributed by atoms with E-state index in [1.54, 1.807) is 11.3 Å². The minimum absolute atomic E-state index is 0.235. The normalized spacial score (nSPS) is 26.0. The zero-order valence-corrected chi connectivity index (χ0v) is 10.7. The molecule has 0 aliphatic carbocycles. The number of rotatable bonds is 4. The van der Waals surface area contributed by atoms with Crippen molar-refractivity contribution in [2.75, 3.05) is 12.3 Å². The Kier molecular flexibility index (Phi) is 3.64. The van der Waals surface area contributed by atoms with E-state index in [1.807, 2.05) is 11.8 Å². The van der Waals surface area contributed by atoms with Gasteiger partial charge in [0.05, 0.1) is 4.75 Å². The van der Waals surface area contributed by atoms with Crippen molar-refractivity contribution in [1.82, 2.24) is 10.2 Å². The standard InChI is InChI=1S/C10H17N3S2/c1-10(5-3-7-14-10)9-13-12-8(15-9)4-2-6-11/h2-7,11H2,1H3. The minimum atomic E-state index is 0.235. The van der Waals surface area contributed by atoms with Gasteiger partial charge >= 0.3 is 0 Å². The lowest BCUT2D eigenvalue weighted by Gasteiger charge is -2.17. The topological polar surface area (TPSA) is 51.8 Å². The van der Waals surface area contributed by atoms with Crippen LogP contribution >= 0.6 is 23.1 Å². The summed E-state index contributed by atoms with van der Waals surface area (Å²) in [5.74, 6) is 1.26. The number of aryl methyl sites for hydroxylation is 1. The predicted molar refractivity (Wildman–Crippen MR) is 66.3 cm³/mol. The Balaban J connectivity index is 2.05. The summed E-state index contributed by atoms with van der Waals surface area (Å²) >= 11 is 3.79. The van der Waals surface area contributed by atoms with Crippen LogP contribution in [-0.4, -0.2) is 22.5 Å². The van der Waals surface area contributed by atoms with Gasteiger partial charge in [-0.2, -0.15) is 0 Å². The van der Waals surface area contributed by atoms with E-state index in [2.05, 4.69) is 17.1 Å². The zero-order valence-electron chi connectivity index (χ0n) is 9.03. The third-order valence-electron chi connectivity index (χ3n) is 2.73. The summed E-state index contributed by atoms with van der Waals surface area (Å²) in [7, 11) is 0. The first-order valence-corrected chi connectivity index (χ1v) is 7.22. The third kappa shape index (κ3) is 2.52. The summed E-state index contributed by atoms with van der Waals surface area (Å²) in [4.78, 5) is 0. The summed E-state index contributed by atoms with van der Waals surface area (Å²) < 4.78 is 0.235. The van der Waals surface area contributed by atoms with Crippen molar-refractivity contribution in [3.05, 3.63) is 10.0 Å². The average Bonchev–Trinajstić information content (AvgIpc) is 2.84. The summed E-state index contributed by atoms with van der Waals surface area (Å²) in [5.41, 5.74) is 5.48. The third-order valence-corrected chi connectivity index (χ3v) is 5.64. The number of hydrogen-bond acceptors (Lipinski definition) is 5. The van der Waals surface area contributed by atoms with E-state index < -0.39 is 0 Å². The van der Waals surface area contributed by atoms with Crippen molar-refractivity contribution in [2.24, 2.45) is 5.73 Å². The first kappa shape index (κ1) is 11.4. The summed E-state index contributed by atoms with van der Waals surface area (Å²) in [6.07, 6.45) is 4.54. The molecule has 84 valence electrons. The van der Waals surface area contributed by atoms with Crippen LogP contribution in [0.2, 0.25) is 0 Å². The van der Waals surface area contributed by atoms with Gasteiger partial charge in [0.25, 0.3) is 0 Å². The molecule has 0 amide bonds. The van der Waals surface area contributed by atoms with Crippen molar-refractivity contribution in [1.29, 1.82) is 0 Å². The molecule has 0 radical (unpaired) electrons. The summed E-state index contributed by atoms with van der Waals surface area (Å²) in [5, 5.41) is 10.9. The van der Waals surface area contributed by atoms with Crippen molar-refractivity contribution < 1.29 is 0 Å². The van der Waals surface area contributed by atoms with Crippen molar-refractivity contribution in [2.45, 2.75) is 37.4 Å². The van der Waals surface area contributed by atoms with E-state index in [0.717, 1.165) is 24.4 Å². The van der Waals surface area contributed by atoms with Crippen LogP contribution in [0.25, 0.3) is 0 Å². The van der Waals surface area contributed by atoms with E-state index in [1.165, 1.54) is 23.6 Å². The fourth-order valence-electron chi connectivity index (χ4n) is 1.77. The molecular weight excluding hydrogens is 226 g/mol. The monoisotopic (exact) mass is 243 g/mol. The Hall–Kier alpha value is -0.130. The minimum Gasteiger partial charge on any atom is -0.330 e. The first-order chi connectivity index (χ1) is 7.24. The van der Waals surface area contributed by atoms with Crippen molar-refractivity contribution >= 4 is 23.1 Å². The van der Waals surface area contributed by atoms with E-state index in [4.69, 9.17) is 5.73 Å². The van der Waals surface area contributed by atoms with Gasteiger partial charge in [-0.25, -0.2) is 0 Å². The number of thioether (sulfide) groups is 1. The van der Waals surface area contributed by atoms with Gasteiger partial charge in [0.15, 0.2) is 0 Å². The van der Waals surface area contributed by atoms with E-state index >= 15 is 0 Å². The molecule has 1 aliphatic heterocycles. The van der Waals surface area contributed by atoms with E-state index in [0.29, 0.717) is 0 Å². The van der Waals surface area contributed by atoms with Crippen LogP contribution in [0.4, 0.5) is 0 Å². The molecule has 1 aliphatic rings. The van der Waals surface area contributed by atoms with Gasteiger partial charge in [-0.15, -0.1) is 33.3 Å². The van der Waals surface area contributed by atoms with Crippen molar-refractivity contribution in [3.8, 4) is 0 Å². The Morgan fingerprint density at radius 3 is 3.00 bits per heavy atom. The molecule has 15 heavy (non-hydrogen) atoms. The molecule has 0 aromatic carbocycles. The molecule has 1 aromatic heterocycles. The molecule has 2 N–H and O–H groups in total. The van der Waals surface area contributed by atoms with Gasteiger partial charge in [0, 0.05) is 6.42 Å². The Labute approximate surface area is 98.9 Å².